The van der Waals surface area contributed by atoms with Gasteiger partial charge in [0.1, 0.15) is 0 Å². The average molecular weight is 495 g/mol. The van der Waals surface area contributed by atoms with E-state index < -0.39 is 0 Å². The SMILES string of the molecule is COc1ccc([C@H](c2nnnn2Cc2cccs2)N2CCN(C(=O)c3ccco3)CC2)cc1OC. The standard InChI is InChI=1S/C24H26N6O4S/c1-32-19-8-7-17(15-21(19)33-2)22(23-25-26-27-30(23)16-18-5-4-14-35-18)28-9-11-29(12-10-28)24(31)20-6-3-13-34-20/h3-8,13-15,22H,9-12,16H2,1-2H3/t22-/m1/s1. The highest BCUT2D eigenvalue weighted by Gasteiger charge is 2.33. The summed E-state index contributed by atoms with van der Waals surface area (Å²) in [5.74, 6) is 2.28. The van der Waals surface area contributed by atoms with Crippen molar-refractivity contribution in [3.63, 3.8) is 0 Å². The minimum Gasteiger partial charge on any atom is -0.493 e. The van der Waals surface area contributed by atoms with Gasteiger partial charge in [0, 0.05) is 31.1 Å². The van der Waals surface area contributed by atoms with E-state index in [0.717, 1.165) is 11.4 Å². The number of thiophene rings is 1. The summed E-state index contributed by atoms with van der Waals surface area (Å²) in [6.07, 6.45) is 1.52. The van der Waals surface area contributed by atoms with Crippen molar-refractivity contribution in [3.05, 3.63) is 76.1 Å². The second-order valence-corrected chi connectivity index (χ2v) is 9.13. The summed E-state index contributed by atoms with van der Waals surface area (Å²) in [5.41, 5.74) is 0.982. The molecule has 3 aromatic heterocycles. The number of carbonyl (C=O) groups is 1. The first-order chi connectivity index (χ1) is 17.2. The molecule has 0 N–H and O–H groups in total. The third-order valence-corrected chi connectivity index (χ3v) is 6.97. The Balaban J connectivity index is 1.45. The second-order valence-electron chi connectivity index (χ2n) is 8.10. The van der Waals surface area contributed by atoms with Crippen LogP contribution >= 0.6 is 11.3 Å². The van der Waals surface area contributed by atoms with Gasteiger partial charge in [-0.3, -0.25) is 9.69 Å². The van der Waals surface area contributed by atoms with Crippen molar-refractivity contribution in [2.24, 2.45) is 0 Å². The number of aromatic nitrogens is 4. The van der Waals surface area contributed by atoms with Gasteiger partial charge in [-0.1, -0.05) is 12.1 Å². The van der Waals surface area contributed by atoms with Crippen LogP contribution in [-0.2, 0) is 6.54 Å². The first kappa shape index (κ1) is 23.1. The van der Waals surface area contributed by atoms with Crippen LogP contribution in [0.15, 0.2) is 58.5 Å². The highest BCUT2D eigenvalue weighted by atomic mass is 32.1. The number of methoxy groups -OCH3 is 2. The van der Waals surface area contributed by atoms with Crippen molar-refractivity contribution in [2.45, 2.75) is 12.6 Å². The van der Waals surface area contributed by atoms with Gasteiger partial charge in [-0.25, -0.2) is 4.68 Å². The van der Waals surface area contributed by atoms with Crippen molar-refractivity contribution in [1.29, 1.82) is 0 Å². The molecule has 0 spiro atoms. The Bertz CT molecular complexity index is 1250. The van der Waals surface area contributed by atoms with Gasteiger partial charge in [-0.15, -0.1) is 16.4 Å². The maximum Gasteiger partial charge on any atom is 0.289 e. The molecule has 10 nitrogen and oxygen atoms in total. The number of tetrazole rings is 1. The Kier molecular flexibility index (Phi) is 6.77. The number of ether oxygens (including phenoxy) is 2. The van der Waals surface area contributed by atoms with E-state index in [1.807, 2.05) is 39.2 Å². The highest BCUT2D eigenvalue weighted by molar-refractivity contribution is 7.09. The molecule has 0 bridgehead atoms. The molecular formula is C24H26N6O4S. The first-order valence-corrected chi connectivity index (χ1v) is 12.1. The zero-order valence-electron chi connectivity index (χ0n) is 19.5. The lowest BCUT2D eigenvalue weighted by atomic mass is 10.0. The van der Waals surface area contributed by atoms with Crippen molar-refractivity contribution in [1.82, 2.24) is 30.0 Å². The molecule has 1 aromatic carbocycles. The molecule has 35 heavy (non-hydrogen) atoms. The molecule has 0 radical (unpaired) electrons. The van der Waals surface area contributed by atoms with Gasteiger partial charge in [-0.2, -0.15) is 0 Å². The Labute approximate surface area is 206 Å². The summed E-state index contributed by atoms with van der Waals surface area (Å²) in [4.78, 5) is 18.0. The van der Waals surface area contributed by atoms with Gasteiger partial charge in [-0.05, 0) is 51.7 Å². The second kappa shape index (κ2) is 10.3. The number of hydrogen-bond acceptors (Lipinski definition) is 9. The fourth-order valence-corrected chi connectivity index (χ4v) is 5.04. The normalized spacial score (nSPS) is 15.2. The molecule has 1 aliphatic rings. The van der Waals surface area contributed by atoms with E-state index in [1.165, 1.54) is 11.1 Å². The largest absolute Gasteiger partial charge is 0.493 e. The number of benzene rings is 1. The number of rotatable bonds is 8. The minimum atomic E-state index is -0.231. The summed E-state index contributed by atoms with van der Waals surface area (Å²) < 4.78 is 18.2. The fraction of sp³-hybridized carbons (Fsp3) is 0.333. The minimum absolute atomic E-state index is 0.0974. The molecule has 0 aliphatic carbocycles. The Morgan fingerprint density at radius 3 is 2.60 bits per heavy atom. The van der Waals surface area contributed by atoms with Crippen LogP contribution in [0.25, 0.3) is 0 Å². The lowest BCUT2D eigenvalue weighted by Gasteiger charge is -2.38. The lowest BCUT2D eigenvalue weighted by molar-refractivity contribution is 0.0559. The fourth-order valence-electron chi connectivity index (χ4n) is 4.36. The molecule has 1 saturated heterocycles. The molecule has 5 rings (SSSR count). The van der Waals surface area contributed by atoms with Gasteiger partial charge >= 0.3 is 0 Å². The van der Waals surface area contributed by atoms with Crippen LogP contribution in [-0.4, -0.2) is 76.3 Å². The van der Waals surface area contributed by atoms with Crippen LogP contribution in [0, 0.1) is 0 Å². The molecule has 0 saturated carbocycles. The van der Waals surface area contributed by atoms with Gasteiger partial charge in [0.05, 0.1) is 33.1 Å². The number of piperazine rings is 1. The van der Waals surface area contributed by atoms with Crippen LogP contribution in [0.3, 0.4) is 0 Å². The molecule has 4 heterocycles. The maximum absolute atomic E-state index is 12.8. The van der Waals surface area contributed by atoms with Crippen molar-refractivity contribution < 1.29 is 18.7 Å². The number of nitrogens with zero attached hydrogens (tertiary/aromatic N) is 6. The molecule has 0 unspecified atom stereocenters. The van der Waals surface area contributed by atoms with Crippen LogP contribution < -0.4 is 9.47 Å². The lowest BCUT2D eigenvalue weighted by Crippen LogP contribution is -2.50. The summed E-state index contributed by atoms with van der Waals surface area (Å²) >= 11 is 1.67. The molecule has 1 amide bonds. The Hall–Kier alpha value is -3.70. The molecule has 1 aliphatic heterocycles. The average Bonchev–Trinajstić information content (AvgIpc) is 3.69. The molecule has 182 valence electrons. The first-order valence-electron chi connectivity index (χ1n) is 11.2. The summed E-state index contributed by atoms with van der Waals surface area (Å²) in [7, 11) is 3.24. The molecular weight excluding hydrogens is 468 g/mol. The van der Waals surface area contributed by atoms with E-state index >= 15 is 0 Å². The number of amides is 1. The van der Waals surface area contributed by atoms with Crippen molar-refractivity contribution in [2.75, 3.05) is 40.4 Å². The van der Waals surface area contributed by atoms with E-state index in [1.54, 1.807) is 37.7 Å². The van der Waals surface area contributed by atoms with Gasteiger partial charge in [0.2, 0.25) is 0 Å². The summed E-state index contributed by atoms with van der Waals surface area (Å²) in [6.45, 7) is 3.01. The van der Waals surface area contributed by atoms with E-state index in [-0.39, 0.29) is 11.9 Å². The molecule has 1 atom stereocenters. The van der Waals surface area contributed by atoms with E-state index in [0.29, 0.717) is 50.0 Å². The number of hydrogen-bond donors (Lipinski definition) is 0. The van der Waals surface area contributed by atoms with Gasteiger partial charge in [0.25, 0.3) is 5.91 Å². The third kappa shape index (κ3) is 4.77. The topological polar surface area (TPSA) is 98.8 Å². The van der Waals surface area contributed by atoms with Gasteiger partial charge < -0.3 is 18.8 Å². The quantitative estimate of drug-likeness (QED) is 0.369. The predicted molar refractivity (Wildman–Crippen MR) is 129 cm³/mol. The summed E-state index contributed by atoms with van der Waals surface area (Å²) in [5, 5.41) is 14.8. The van der Waals surface area contributed by atoms with Crippen LogP contribution in [0.2, 0.25) is 0 Å². The Morgan fingerprint density at radius 2 is 1.91 bits per heavy atom. The highest BCUT2D eigenvalue weighted by Crippen LogP contribution is 2.35. The van der Waals surface area contributed by atoms with Crippen molar-refractivity contribution in [3.8, 4) is 11.5 Å². The van der Waals surface area contributed by atoms with E-state index in [9.17, 15) is 4.79 Å². The molecule has 4 aromatic rings. The maximum atomic E-state index is 12.8. The van der Waals surface area contributed by atoms with Gasteiger partial charge in [0.15, 0.2) is 23.1 Å². The molecule has 1 fully saturated rings. The third-order valence-electron chi connectivity index (χ3n) is 6.11. The van der Waals surface area contributed by atoms with Crippen LogP contribution in [0.4, 0.5) is 0 Å². The summed E-state index contributed by atoms with van der Waals surface area (Å²) in [6, 6.07) is 13.1. The van der Waals surface area contributed by atoms with Crippen LogP contribution in [0.1, 0.15) is 32.9 Å². The number of carbonyl (C=O) groups excluding carboxylic acids is 1. The smallest absolute Gasteiger partial charge is 0.289 e. The monoisotopic (exact) mass is 494 g/mol. The van der Waals surface area contributed by atoms with Crippen LogP contribution in [0.5, 0.6) is 11.5 Å². The van der Waals surface area contributed by atoms with E-state index in [2.05, 4.69) is 26.5 Å². The van der Waals surface area contributed by atoms with Crippen molar-refractivity contribution >= 4 is 17.2 Å². The zero-order valence-corrected chi connectivity index (χ0v) is 20.4. The Morgan fingerprint density at radius 1 is 1.09 bits per heavy atom. The van der Waals surface area contributed by atoms with E-state index in [4.69, 9.17) is 13.9 Å². The molecule has 11 heteroatoms. The zero-order chi connectivity index (χ0) is 24.2. The predicted octanol–water partition coefficient (Wildman–Crippen LogP) is 2.94. The number of furan rings is 1.